The van der Waals surface area contributed by atoms with Gasteiger partial charge in [0, 0.05) is 25.7 Å². The number of para-hydroxylation sites is 1. The summed E-state index contributed by atoms with van der Waals surface area (Å²) in [5.74, 6) is 0.736. The van der Waals surface area contributed by atoms with Crippen molar-refractivity contribution >= 4 is 29.1 Å². The number of rotatable bonds is 4. The van der Waals surface area contributed by atoms with Crippen molar-refractivity contribution in [1.29, 1.82) is 0 Å². The molecule has 7 nitrogen and oxygen atoms in total. The zero-order valence-corrected chi connectivity index (χ0v) is 18.7. The van der Waals surface area contributed by atoms with E-state index in [1.165, 1.54) is 0 Å². The molecule has 1 N–H and O–H groups in total. The number of urea groups is 1. The predicted octanol–water partition coefficient (Wildman–Crippen LogP) is 4.10. The highest BCUT2D eigenvalue weighted by molar-refractivity contribution is 6.16. The molecule has 7 heteroatoms. The number of hydrogen-bond donors (Lipinski definition) is 1. The van der Waals surface area contributed by atoms with Gasteiger partial charge in [-0.3, -0.25) is 4.79 Å². The van der Waals surface area contributed by atoms with Crippen LogP contribution in [0.5, 0.6) is 0 Å². The molecule has 0 saturated carbocycles. The fourth-order valence-electron chi connectivity index (χ4n) is 4.34. The summed E-state index contributed by atoms with van der Waals surface area (Å²) >= 11 is 0. The molecule has 0 spiro atoms. The molecule has 3 heterocycles. The molecule has 3 amide bonds. The van der Waals surface area contributed by atoms with Crippen LogP contribution in [0.15, 0.2) is 42.6 Å². The lowest BCUT2D eigenvalue weighted by atomic mass is 9.94. The lowest BCUT2D eigenvalue weighted by Gasteiger charge is -2.37. The number of quaternary nitrogens is 1. The molecule has 2 aromatic rings. The Morgan fingerprint density at radius 2 is 2.03 bits per heavy atom. The summed E-state index contributed by atoms with van der Waals surface area (Å²) in [4.78, 5) is 34.6. The Labute approximate surface area is 184 Å². The molecule has 2 aliphatic heterocycles. The van der Waals surface area contributed by atoms with Crippen LogP contribution in [0.2, 0.25) is 0 Å². The number of anilines is 3. The zero-order chi connectivity index (χ0) is 22.0. The van der Waals surface area contributed by atoms with Crippen LogP contribution in [0.3, 0.4) is 0 Å². The maximum atomic E-state index is 13.8. The second-order valence-corrected chi connectivity index (χ2v) is 9.18. The first-order valence-corrected chi connectivity index (χ1v) is 11.2. The van der Waals surface area contributed by atoms with E-state index in [-0.39, 0.29) is 11.9 Å². The van der Waals surface area contributed by atoms with Crippen molar-refractivity contribution in [2.45, 2.75) is 26.2 Å². The fraction of sp³-hybridized carbons (Fsp3) is 0.458. The number of aromatic nitrogens is 1. The number of nitrogens with zero attached hydrogens (tertiary/aromatic N) is 4. The monoisotopic (exact) mass is 422 g/mol. The van der Waals surface area contributed by atoms with Crippen LogP contribution in [0.1, 0.15) is 36.5 Å². The van der Waals surface area contributed by atoms with Gasteiger partial charge in [-0.15, -0.1) is 0 Å². The summed E-state index contributed by atoms with van der Waals surface area (Å²) < 4.78 is 0.995. The summed E-state index contributed by atoms with van der Waals surface area (Å²) in [5, 5.41) is 2.90. The number of benzene rings is 1. The highest BCUT2D eigenvalue weighted by Gasteiger charge is 2.35. The van der Waals surface area contributed by atoms with Crippen molar-refractivity contribution < 1.29 is 14.1 Å². The average molecular weight is 423 g/mol. The average Bonchev–Trinajstić information content (AvgIpc) is 2.91. The maximum Gasteiger partial charge on any atom is 0.330 e. The van der Waals surface area contributed by atoms with Gasteiger partial charge in [-0.25, -0.2) is 14.7 Å². The Balaban J connectivity index is 1.62. The van der Waals surface area contributed by atoms with Crippen molar-refractivity contribution in [3.05, 3.63) is 48.2 Å². The van der Waals surface area contributed by atoms with E-state index in [2.05, 4.69) is 31.3 Å². The zero-order valence-electron chi connectivity index (χ0n) is 18.7. The molecular formula is C24H32N5O2+. The third kappa shape index (κ3) is 4.42. The van der Waals surface area contributed by atoms with E-state index in [9.17, 15) is 9.59 Å². The minimum absolute atomic E-state index is 0.113. The van der Waals surface area contributed by atoms with Gasteiger partial charge in [-0.1, -0.05) is 12.1 Å². The molecule has 1 aromatic heterocycles. The van der Waals surface area contributed by atoms with Crippen LogP contribution in [-0.2, 0) is 0 Å². The van der Waals surface area contributed by atoms with Crippen LogP contribution in [0.4, 0.5) is 22.0 Å². The molecular weight excluding hydrogens is 390 g/mol. The lowest BCUT2D eigenvalue weighted by molar-refractivity contribution is -0.889. The minimum atomic E-state index is -0.226. The van der Waals surface area contributed by atoms with Crippen LogP contribution < -0.4 is 10.2 Å². The molecule has 2 aliphatic rings. The van der Waals surface area contributed by atoms with Gasteiger partial charge in [0.25, 0.3) is 5.91 Å². The third-order valence-electron chi connectivity index (χ3n) is 6.62. The molecule has 4 rings (SSSR count). The van der Waals surface area contributed by atoms with E-state index in [1.54, 1.807) is 29.3 Å². The molecule has 0 radical (unpaired) electrons. The summed E-state index contributed by atoms with van der Waals surface area (Å²) in [6.45, 7) is 5.89. The van der Waals surface area contributed by atoms with E-state index in [0.29, 0.717) is 28.7 Å². The summed E-state index contributed by atoms with van der Waals surface area (Å²) in [6.07, 6.45) is 4.91. The van der Waals surface area contributed by atoms with Gasteiger partial charge in [0.05, 0.1) is 44.1 Å². The SMILES string of the molecule is CC[N+](C)(C)CCC1CCCN(C(=O)N2c3ccccc3C(=O)Nc3cccnc32)C1. The first kappa shape index (κ1) is 21.3. The second kappa shape index (κ2) is 8.67. The lowest BCUT2D eigenvalue weighted by Crippen LogP contribution is -2.47. The van der Waals surface area contributed by atoms with E-state index in [0.717, 1.165) is 49.9 Å². The Morgan fingerprint density at radius 1 is 1.23 bits per heavy atom. The quantitative estimate of drug-likeness (QED) is 0.755. The predicted molar refractivity (Wildman–Crippen MR) is 123 cm³/mol. The van der Waals surface area contributed by atoms with Crippen molar-refractivity contribution in [2.24, 2.45) is 5.92 Å². The molecule has 0 bridgehead atoms. The molecule has 1 fully saturated rings. The highest BCUT2D eigenvalue weighted by atomic mass is 16.2. The number of piperidine rings is 1. The number of carbonyl (C=O) groups excluding carboxylic acids is 2. The largest absolute Gasteiger partial charge is 0.330 e. The number of hydrogen-bond acceptors (Lipinski definition) is 3. The number of carbonyl (C=O) groups is 2. The number of nitrogens with one attached hydrogen (secondary N) is 1. The number of amides is 3. The normalized spacial score (nSPS) is 18.7. The molecule has 0 aliphatic carbocycles. The van der Waals surface area contributed by atoms with Gasteiger partial charge in [-0.05, 0) is 49.9 Å². The Bertz CT molecular complexity index is 974. The van der Waals surface area contributed by atoms with Gasteiger partial charge in [0.2, 0.25) is 0 Å². The van der Waals surface area contributed by atoms with E-state index in [1.807, 2.05) is 23.1 Å². The van der Waals surface area contributed by atoms with Crippen LogP contribution in [-0.4, -0.2) is 66.6 Å². The van der Waals surface area contributed by atoms with E-state index >= 15 is 0 Å². The van der Waals surface area contributed by atoms with E-state index in [4.69, 9.17) is 0 Å². The fourth-order valence-corrected chi connectivity index (χ4v) is 4.34. The molecule has 1 unspecified atom stereocenters. The van der Waals surface area contributed by atoms with Gasteiger partial charge >= 0.3 is 6.03 Å². The summed E-state index contributed by atoms with van der Waals surface area (Å²) in [7, 11) is 4.51. The van der Waals surface area contributed by atoms with Crippen molar-refractivity contribution in [2.75, 3.05) is 50.5 Å². The summed E-state index contributed by atoms with van der Waals surface area (Å²) in [6, 6.07) is 10.7. The third-order valence-corrected chi connectivity index (χ3v) is 6.62. The molecule has 164 valence electrons. The first-order chi connectivity index (χ1) is 14.9. The first-order valence-electron chi connectivity index (χ1n) is 11.2. The molecule has 31 heavy (non-hydrogen) atoms. The second-order valence-electron chi connectivity index (χ2n) is 9.18. The van der Waals surface area contributed by atoms with Gasteiger partial charge in [0.1, 0.15) is 0 Å². The van der Waals surface area contributed by atoms with Crippen molar-refractivity contribution in [3.63, 3.8) is 0 Å². The number of likely N-dealkylation sites (tertiary alicyclic amines) is 1. The minimum Gasteiger partial charge on any atom is -0.329 e. The van der Waals surface area contributed by atoms with Crippen LogP contribution in [0, 0.1) is 5.92 Å². The Hall–Kier alpha value is -2.93. The molecule has 1 saturated heterocycles. The van der Waals surface area contributed by atoms with Crippen molar-refractivity contribution in [1.82, 2.24) is 9.88 Å². The van der Waals surface area contributed by atoms with Crippen molar-refractivity contribution in [3.8, 4) is 0 Å². The van der Waals surface area contributed by atoms with Gasteiger partial charge < -0.3 is 14.7 Å². The molecule has 1 aromatic carbocycles. The number of fused-ring (bicyclic) bond motifs is 2. The standard InChI is InChI=1S/C24H31N5O2/c1-4-29(2,3)16-13-18-9-8-15-27(17-18)24(31)28-21-12-6-5-10-19(21)23(30)26-20-11-7-14-25-22(20)28/h5-7,10-12,14,18H,4,8-9,13,15-17H2,1-3H3/p+1. The Morgan fingerprint density at radius 3 is 2.84 bits per heavy atom. The smallest absolute Gasteiger partial charge is 0.329 e. The maximum absolute atomic E-state index is 13.8. The highest BCUT2D eigenvalue weighted by Crippen LogP contribution is 2.37. The van der Waals surface area contributed by atoms with Crippen LogP contribution in [0.25, 0.3) is 0 Å². The number of pyridine rings is 1. The van der Waals surface area contributed by atoms with Gasteiger partial charge in [0.15, 0.2) is 5.82 Å². The van der Waals surface area contributed by atoms with Gasteiger partial charge in [-0.2, -0.15) is 0 Å². The topological polar surface area (TPSA) is 65.5 Å². The van der Waals surface area contributed by atoms with Crippen LogP contribution >= 0.6 is 0 Å². The molecule has 1 atom stereocenters. The summed E-state index contributed by atoms with van der Waals surface area (Å²) in [5.41, 5.74) is 1.60. The van der Waals surface area contributed by atoms with E-state index < -0.39 is 0 Å². The Kier molecular flexibility index (Phi) is 5.96.